The number of carbonyl (C=O) groups excluding carboxylic acids is 2. The van der Waals surface area contributed by atoms with Gasteiger partial charge in [0.15, 0.2) is 0 Å². The van der Waals surface area contributed by atoms with Crippen molar-refractivity contribution in [2.24, 2.45) is 23.7 Å². The zero-order valence-electron chi connectivity index (χ0n) is 38.8. The van der Waals surface area contributed by atoms with Crippen LogP contribution in [-0.2, 0) is 35.5 Å². The van der Waals surface area contributed by atoms with Gasteiger partial charge in [-0.05, 0) is 86.3 Å². The second-order valence-corrected chi connectivity index (χ2v) is 18.1. The summed E-state index contributed by atoms with van der Waals surface area (Å²) in [5.74, 6) is -2.71. The summed E-state index contributed by atoms with van der Waals surface area (Å²) in [7, 11) is 0. The molecule has 8 atom stereocenters. The third kappa shape index (κ3) is 11.5. The number of fused-ring (bicyclic) bond motifs is 6. The van der Waals surface area contributed by atoms with Crippen LogP contribution in [0.4, 0.5) is 26.3 Å². The first-order valence-corrected chi connectivity index (χ1v) is 23.4. The first-order chi connectivity index (χ1) is 33.5. The molecule has 70 heavy (non-hydrogen) atoms. The Morgan fingerprint density at radius 3 is 1.33 bits per heavy atom. The molecule has 4 N–H and O–H groups in total. The number of carbonyl (C=O) groups is 2. The number of aliphatic hydroxyl groups is 2. The van der Waals surface area contributed by atoms with E-state index in [1.165, 1.54) is 9.80 Å². The molecule has 4 aliphatic rings. The van der Waals surface area contributed by atoms with Crippen LogP contribution in [0.1, 0.15) is 72.4 Å². The van der Waals surface area contributed by atoms with Crippen molar-refractivity contribution in [2.45, 2.75) is 89.1 Å². The molecular formula is C50H58F6N8O6. The van der Waals surface area contributed by atoms with Crippen LogP contribution in [0.3, 0.4) is 0 Å². The van der Waals surface area contributed by atoms with Gasteiger partial charge in [-0.2, -0.15) is 26.3 Å². The van der Waals surface area contributed by atoms with Gasteiger partial charge in [0, 0.05) is 123 Å². The van der Waals surface area contributed by atoms with E-state index in [1.54, 1.807) is 96.3 Å². The molecule has 8 rings (SSSR count). The quantitative estimate of drug-likeness (QED) is 0.111. The number of nitrogens with zero attached hydrogens (tertiary/aromatic N) is 6. The number of nitrogens with one attached hydrogen (secondary N) is 2. The second-order valence-electron chi connectivity index (χ2n) is 18.1. The number of aromatic nitrogens is 4. The minimum atomic E-state index is -4.40. The van der Waals surface area contributed by atoms with Gasteiger partial charge in [-0.15, -0.1) is 0 Å². The largest absolute Gasteiger partial charge is 0.396 e. The number of allylic oxidation sites excluding steroid dienone is 2. The average molecular weight is 981 g/mol. The first kappa shape index (κ1) is 51.9. The SMILES string of the molecule is C/C=C/c1ccc2n(c1=O)C[C@H]1[C@H](CO)[C@@H](C(=O)NCCc3ccncc3)N(CCC(F)(F)F)[C@@H]21.C/C=C\c1ccc2n(c1=O)C[C@H]1[C@H](CO)[C@@H](C(=O)NCCc3ccncc3)N(CCC(F)(F)F)[C@@H]21. The smallest absolute Gasteiger partial charge is 0.390 e. The predicted octanol–water partition coefficient (Wildman–Crippen LogP) is 5.10. The van der Waals surface area contributed by atoms with Crippen molar-refractivity contribution in [3.05, 3.63) is 140 Å². The molecule has 0 aromatic carbocycles. The molecular weight excluding hydrogens is 923 g/mol. The highest BCUT2D eigenvalue weighted by Crippen LogP contribution is 2.51. The summed E-state index contributed by atoms with van der Waals surface area (Å²) in [4.78, 5) is 63.4. The lowest BCUT2D eigenvalue weighted by molar-refractivity contribution is -0.143. The van der Waals surface area contributed by atoms with Crippen LogP contribution in [0.25, 0.3) is 12.2 Å². The number of hydrogen-bond donors (Lipinski definition) is 4. The Morgan fingerprint density at radius 1 is 0.629 bits per heavy atom. The van der Waals surface area contributed by atoms with Crippen LogP contribution >= 0.6 is 0 Å². The molecule has 2 fully saturated rings. The van der Waals surface area contributed by atoms with Crippen molar-refractivity contribution in [1.29, 1.82) is 0 Å². The summed E-state index contributed by atoms with van der Waals surface area (Å²) in [6.07, 6.45) is 3.59. The number of halogens is 6. The lowest BCUT2D eigenvalue weighted by atomic mass is 9.88. The number of hydrogen-bond acceptors (Lipinski definition) is 10. The molecule has 2 amide bonds. The Labute approximate surface area is 400 Å². The van der Waals surface area contributed by atoms with Crippen LogP contribution in [0.15, 0.2) is 95.1 Å². The van der Waals surface area contributed by atoms with E-state index >= 15 is 0 Å². The van der Waals surface area contributed by atoms with E-state index in [1.807, 2.05) is 24.3 Å². The fraction of sp³-hybridized carbons (Fsp3) is 0.480. The van der Waals surface area contributed by atoms with E-state index < -0.39 is 86.1 Å². The predicted molar refractivity (Wildman–Crippen MR) is 249 cm³/mol. The zero-order chi connectivity index (χ0) is 50.3. The number of pyridine rings is 4. The zero-order valence-corrected chi connectivity index (χ0v) is 38.8. The van der Waals surface area contributed by atoms with Crippen LogP contribution in [-0.4, -0.2) is 115 Å². The summed E-state index contributed by atoms with van der Waals surface area (Å²) >= 11 is 0. The molecule has 14 nitrogen and oxygen atoms in total. The summed E-state index contributed by atoms with van der Waals surface area (Å²) in [6, 6.07) is 11.2. The number of amides is 2. The lowest BCUT2D eigenvalue weighted by Gasteiger charge is -2.31. The molecule has 0 bridgehead atoms. The Hall–Kier alpha value is -5.96. The fourth-order valence-electron chi connectivity index (χ4n) is 10.9. The summed E-state index contributed by atoms with van der Waals surface area (Å²) in [5, 5.41) is 26.2. The molecule has 4 aliphatic heterocycles. The Kier molecular flexibility index (Phi) is 16.6. The minimum Gasteiger partial charge on any atom is -0.396 e. The second kappa shape index (κ2) is 22.4. The van der Waals surface area contributed by atoms with E-state index in [9.17, 15) is 55.7 Å². The molecule has 0 aliphatic carbocycles. The third-order valence-corrected chi connectivity index (χ3v) is 13.9. The minimum absolute atomic E-state index is 0.221. The topological polar surface area (TPSA) is 175 Å². The maximum Gasteiger partial charge on any atom is 0.390 e. The molecule has 0 saturated carbocycles. The average Bonchev–Trinajstić information content (AvgIpc) is 4.07. The molecule has 0 unspecified atom stereocenters. The van der Waals surface area contributed by atoms with E-state index in [0.29, 0.717) is 48.4 Å². The van der Waals surface area contributed by atoms with Gasteiger partial charge in [-0.1, -0.05) is 24.3 Å². The highest BCUT2D eigenvalue weighted by molar-refractivity contribution is 5.83. The van der Waals surface area contributed by atoms with E-state index in [2.05, 4.69) is 20.6 Å². The van der Waals surface area contributed by atoms with Crippen LogP contribution in [0.5, 0.6) is 0 Å². The van der Waals surface area contributed by atoms with Crippen LogP contribution in [0, 0.1) is 23.7 Å². The van der Waals surface area contributed by atoms with Gasteiger partial charge in [0.25, 0.3) is 11.1 Å². The van der Waals surface area contributed by atoms with Gasteiger partial charge in [0.2, 0.25) is 11.8 Å². The molecule has 0 radical (unpaired) electrons. The van der Waals surface area contributed by atoms with Crippen molar-refractivity contribution >= 4 is 24.0 Å². The van der Waals surface area contributed by atoms with E-state index in [-0.39, 0.29) is 49.3 Å². The molecule has 376 valence electrons. The molecule has 0 spiro atoms. The van der Waals surface area contributed by atoms with Gasteiger partial charge in [-0.25, -0.2) is 0 Å². The first-order valence-electron chi connectivity index (χ1n) is 23.4. The van der Waals surface area contributed by atoms with Crippen molar-refractivity contribution in [1.82, 2.24) is 39.5 Å². The Balaban J connectivity index is 0.000000206. The highest BCUT2D eigenvalue weighted by atomic mass is 19.4. The maximum absolute atomic E-state index is 13.3. The van der Waals surface area contributed by atoms with Crippen LogP contribution < -0.4 is 21.8 Å². The van der Waals surface area contributed by atoms with Crippen molar-refractivity contribution in [3.8, 4) is 0 Å². The maximum atomic E-state index is 13.3. The number of alkyl halides is 6. The number of rotatable bonds is 16. The molecule has 2 saturated heterocycles. The van der Waals surface area contributed by atoms with Crippen molar-refractivity contribution < 1.29 is 46.1 Å². The van der Waals surface area contributed by atoms with E-state index in [0.717, 1.165) is 11.1 Å². The summed E-state index contributed by atoms with van der Waals surface area (Å²) in [6.45, 7) is 3.19. The van der Waals surface area contributed by atoms with Gasteiger partial charge in [0.05, 0.1) is 37.0 Å². The number of aliphatic hydroxyl groups excluding tert-OH is 2. The van der Waals surface area contributed by atoms with Crippen molar-refractivity contribution in [3.63, 3.8) is 0 Å². The Bertz CT molecular complexity index is 2450. The van der Waals surface area contributed by atoms with Gasteiger partial charge >= 0.3 is 12.4 Å². The summed E-state index contributed by atoms with van der Waals surface area (Å²) < 4.78 is 82.4. The van der Waals surface area contributed by atoms with Gasteiger partial charge < -0.3 is 30.0 Å². The highest BCUT2D eigenvalue weighted by Gasteiger charge is 2.57. The summed E-state index contributed by atoms with van der Waals surface area (Å²) in [5.41, 5.74) is 3.65. The van der Waals surface area contributed by atoms with Gasteiger partial charge in [-0.3, -0.25) is 38.9 Å². The van der Waals surface area contributed by atoms with E-state index in [4.69, 9.17) is 0 Å². The van der Waals surface area contributed by atoms with Gasteiger partial charge in [0.1, 0.15) is 0 Å². The molecule has 8 heterocycles. The van der Waals surface area contributed by atoms with Crippen molar-refractivity contribution in [2.75, 3.05) is 39.4 Å². The monoisotopic (exact) mass is 980 g/mol. The molecule has 4 aromatic heterocycles. The van der Waals surface area contributed by atoms with Crippen LogP contribution in [0.2, 0.25) is 0 Å². The lowest BCUT2D eigenvalue weighted by Crippen LogP contribution is -2.49. The molecule has 20 heteroatoms. The fourth-order valence-corrected chi connectivity index (χ4v) is 10.9. The molecule has 4 aromatic rings. The third-order valence-electron chi connectivity index (χ3n) is 13.9. The normalized spacial score (nSPS) is 24.0. The number of likely N-dealkylation sites (tertiary alicyclic amines) is 2. The Morgan fingerprint density at radius 2 is 1.00 bits per heavy atom. The standard InChI is InChI=1S/2C25H29F3N4O3/c2*1-2-3-17-4-5-20-21-18(14-32(20)24(17)35)19(15-33)22(31(21)13-9-25(26,27)28)23(34)30-12-8-16-6-10-29-11-7-16/h2*2-7,10-11,18-19,21-22,33H,8-9,12-15H2,1H3,(H,30,34)/b3-2+;3-2-/t2*18-,19-,21+,22-/m00/s1.